The summed E-state index contributed by atoms with van der Waals surface area (Å²) in [7, 11) is 0. The van der Waals surface area contributed by atoms with Gasteiger partial charge in [-0.3, -0.25) is 33.8 Å². The third-order valence-electron chi connectivity index (χ3n) is 12.9. The molecular weight excluding hydrogens is 798 g/mol. The largest absolute Gasteiger partial charge is 0.465 e. The van der Waals surface area contributed by atoms with Crippen LogP contribution >= 0.6 is 0 Å². The lowest BCUT2D eigenvalue weighted by Crippen LogP contribution is -2.80. The molecule has 1 aromatic carbocycles. The highest BCUT2D eigenvalue weighted by molar-refractivity contribution is 5.91. The predicted molar refractivity (Wildman–Crippen MR) is 207 cm³/mol. The van der Waals surface area contributed by atoms with Crippen LogP contribution in [0.3, 0.4) is 0 Å². The van der Waals surface area contributed by atoms with E-state index in [1.165, 1.54) is 24.4 Å². The highest BCUT2D eigenvalue weighted by Crippen LogP contribution is 2.75. The predicted octanol–water partition coefficient (Wildman–Crippen LogP) is 3.91. The first-order valence-corrected chi connectivity index (χ1v) is 20.2. The van der Waals surface area contributed by atoms with E-state index >= 15 is 0 Å². The SMILES string of the molecule is CC(=O)OC[C@]12[C@H](OC(C)=O)[C@H](OC(C)=O)C3C(OC(C)=O)C14CC3(C)COC(=O)c1cccnc1CCC(C)C(=O)OC([C@H]4C)[C@H](OC(=O)c1ccccc1)[C@@H]2OC(C)=O. The van der Waals surface area contributed by atoms with E-state index in [0.717, 1.165) is 34.6 Å². The van der Waals surface area contributed by atoms with Crippen molar-refractivity contribution in [1.29, 1.82) is 0 Å². The fourth-order valence-corrected chi connectivity index (χ4v) is 10.6. The molecule has 0 amide bonds. The molecule has 3 aliphatic carbocycles. The van der Waals surface area contributed by atoms with Crippen molar-refractivity contribution in [2.24, 2.45) is 34.0 Å². The molecule has 0 saturated heterocycles. The summed E-state index contributed by atoms with van der Waals surface area (Å²) >= 11 is 0. The fraction of sp³-hybridized carbons (Fsp3) is 0.568. The number of ether oxygens (including phenoxy) is 8. The van der Waals surface area contributed by atoms with E-state index in [0.29, 0.717) is 5.69 Å². The van der Waals surface area contributed by atoms with Crippen LogP contribution < -0.4 is 0 Å². The number of cyclic esters (lactones) is 1. The van der Waals surface area contributed by atoms with Crippen molar-refractivity contribution in [1.82, 2.24) is 4.98 Å². The van der Waals surface area contributed by atoms with E-state index in [2.05, 4.69) is 4.98 Å². The minimum atomic E-state index is -2.14. The van der Waals surface area contributed by atoms with Crippen molar-refractivity contribution >= 4 is 47.8 Å². The molecule has 2 aromatic rings. The van der Waals surface area contributed by atoms with E-state index in [-0.39, 0.29) is 30.4 Å². The van der Waals surface area contributed by atoms with Gasteiger partial charge in [0.05, 0.1) is 34.8 Å². The quantitative estimate of drug-likeness (QED) is 0.271. The number of fused-ring (bicyclic) bond motifs is 5. The van der Waals surface area contributed by atoms with Crippen LogP contribution in [-0.4, -0.2) is 103 Å². The summed E-state index contributed by atoms with van der Waals surface area (Å²) in [5.41, 5.74) is -4.74. The zero-order valence-corrected chi connectivity index (χ0v) is 35.3. The number of rotatable bonds is 8. The molecule has 0 N–H and O–H groups in total. The molecule has 12 atom stereocenters. The molecule has 17 heteroatoms. The van der Waals surface area contributed by atoms with Crippen LogP contribution in [0, 0.1) is 34.0 Å². The van der Waals surface area contributed by atoms with Crippen LogP contribution in [0.4, 0.5) is 0 Å². The van der Waals surface area contributed by atoms with Gasteiger partial charge in [0, 0.05) is 63.5 Å². The van der Waals surface area contributed by atoms with Crippen LogP contribution in [0.1, 0.15) is 94.6 Å². The first-order valence-electron chi connectivity index (χ1n) is 20.2. The van der Waals surface area contributed by atoms with Gasteiger partial charge in [0.2, 0.25) is 0 Å². The standard InChI is InChI=1S/C44H51NO16/c1-22-16-17-31-30(15-12-18-45-31)41(53)55-20-42(8)19-43-23(2)33(60-39(22)51)35(61-40(52)29-13-10-9-11-14-29)38(59-28(7)50)44(43,21-54-24(3)46)37(58-27(6)49)34(56-25(4)47)32(42)36(43)57-26(5)48/h9-15,18,22-23,32-38H,16-17,19-21H2,1-8H3/t22?,23-,32?,33?,34-,35+,36?,37-,38+,42?,43?,44-/m1/s1. The van der Waals surface area contributed by atoms with Crippen LogP contribution in [-0.2, 0) is 73.1 Å². The molecule has 328 valence electrons. The molecule has 1 aromatic heterocycles. The molecule has 61 heavy (non-hydrogen) atoms. The van der Waals surface area contributed by atoms with Crippen molar-refractivity contribution in [3.63, 3.8) is 0 Å². The van der Waals surface area contributed by atoms with Gasteiger partial charge >= 0.3 is 47.8 Å². The highest BCUT2D eigenvalue weighted by atomic mass is 16.6. The number of benzene rings is 1. The highest BCUT2D eigenvalue weighted by Gasteiger charge is 2.86. The van der Waals surface area contributed by atoms with Crippen molar-refractivity contribution < 1.29 is 76.3 Å². The number of nitrogens with zero attached hydrogens (tertiary/aromatic N) is 1. The number of aromatic nitrogens is 1. The van der Waals surface area contributed by atoms with E-state index in [4.69, 9.17) is 37.9 Å². The third kappa shape index (κ3) is 8.06. The lowest BCUT2D eigenvalue weighted by atomic mass is 9.42. The minimum absolute atomic E-state index is 0.0696. The fourth-order valence-electron chi connectivity index (χ4n) is 10.6. The Morgan fingerprint density at radius 2 is 1.36 bits per heavy atom. The number of carbonyl (C=O) groups is 8. The molecule has 0 radical (unpaired) electrons. The summed E-state index contributed by atoms with van der Waals surface area (Å²) in [6.45, 7) is 9.33. The first-order chi connectivity index (χ1) is 28.8. The Bertz CT molecular complexity index is 2090. The summed E-state index contributed by atoms with van der Waals surface area (Å²) in [4.78, 5) is 114. The number of carbonyl (C=O) groups excluding carboxylic acids is 8. The smallest absolute Gasteiger partial charge is 0.340 e. The van der Waals surface area contributed by atoms with Gasteiger partial charge < -0.3 is 37.9 Å². The van der Waals surface area contributed by atoms with E-state index in [1.807, 2.05) is 0 Å². The lowest BCUT2D eigenvalue weighted by molar-refractivity contribution is -0.333. The maximum absolute atomic E-state index is 14.4. The van der Waals surface area contributed by atoms with Gasteiger partial charge in [-0.05, 0) is 43.5 Å². The Hall–Kier alpha value is -5.87. The van der Waals surface area contributed by atoms with Crippen molar-refractivity contribution in [2.45, 2.75) is 111 Å². The third-order valence-corrected chi connectivity index (χ3v) is 12.9. The maximum atomic E-state index is 14.4. The Morgan fingerprint density at radius 3 is 1.97 bits per heavy atom. The van der Waals surface area contributed by atoms with E-state index in [1.54, 1.807) is 45.0 Å². The second-order valence-electron chi connectivity index (χ2n) is 16.8. The van der Waals surface area contributed by atoms with E-state index < -0.39 is 132 Å². The molecule has 3 fully saturated rings. The monoisotopic (exact) mass is 849 g/mol. The van der Waals surface area contributed by atoms with Gasteiger partial charge in [0.25, 0.3) is 0 Å². The number of hydrogen-bond acceptors (Lipinski definition) is 17. The van der Waals surface area contributed by atoms with Crippen LogP contribution in [0.25, 0.3) is 0 Å². The lowest BCUT2D eigenvalue weighted by Gasteiger charge is -2.67. The molecular formula is C44H51NO16. The molecule has 3 saturated carbocycles. The van der Waals surface area contributed by atoms with Crippen molar-refractivity contribution in [3.05, 3.63) is 65.5 Å². The van der Waals surface area contributed by atoms with Crippen LogP contribution in [0.2, 0.25) is 0 Å². The molecule has 1 spiro atoms. The zero-order valence-electron chi connectivity index (χ0n) is 35.3. The van der Waals surface area contributed by atoms with Gasteiger partial charge in [-0.1, -0.05) is 39.0 Å². The average molecular weight is 850 g/mol. The summed E-state index contributed by atoms with van der Waals surface area (Å²) in [6, 6.07) is 10.9. The molecule has 4 bridgehead atoms. The Morgan fingerprint density at radius 1 is 0.754 bits per heavy atom. The summed E-state index contributed by atoms with van der Waals surface area (Å²) < 4.78 is 49.6. The number of hydrogen-bond donors (Lipinski definition) is 0. The van der Waals surface area contributed by atoms with Crippen molar-refractivity contribution in [3.8, 4) is 0 Å². The Balaban J connectivity index is 1.74. The number of esters is 8. The zero-order chi connectivity index (χ0) is 44.6. The molecule has 6 rings (SSSR count). The number of pyridine rings is 1. The average Bonchev–Trinajstić information content (AvgIpc) is 3.41. The van der Waals surface area contributed by atoms with Crippen LogP contribution in [0.15, 0.2) is 48.7 Å². The number of aryl methyl sites for hydroxylation is 1. The van der Waals surface area contributed by atoms with Gasteiger partial charge in [0.1, 0.15) is 24.9 Å². The minimum Gasteiger partial charge on any atom is -0.465 e. The van der Waals surface area contributed by atoms with Crippen LogP contribution in [0.5, 0.6) is 0 Å². The molecule has 17 nitrogen and oxygen atoms in total. The summed E-state index contributed by atoms with van der Waals surface area (Å²) in [5.74, 6) is -9.95. The Kier molecular flexibility index (Phi) is 12.6. The maximum Gasteiger partial charge on any atom is 0.340 e. The first kappa shape index (κ1) is 44.7. The van der Waals surface area contributed by atoms with Gasteiger partial charge in [0.15, 0.2) is 18.3 Å². The molecule has 4 aliphatic rings. The Labute approximate surface area is 352 Å². The van der Waals surface area contributed by atoms with Gasteiger partial charge in [-0.15, -0.1) is 0 Å². The molecule has 6 unspecified atom stereocenters. The summed E-state index contributed by atoms with van der Waals surface area (Å²) in [6.07, 6.45) is -8.18. The van der Waals surface area contributed by atoms with Gasteiger partial charge in [-0.2, -0.15) is 0 Å². The molecule has 2 heterocycles. The van der Waals surface area contributed by atoms with E-state index in [9.17, 15) is 38.4 Å². The van der Waals surface area contributed by atoms with Crippen molar-refractivity contribution in [2.75, 3.05) is 13.2 Å². The topological polar surface area (TPSA) is 223 Å². The second kappa shape index (κ2) is 17.2. The van der Waals surface area contributed by atoms with Gasteiger partial charge in [-0.25, -0.2) is 9.59 Å². The summed E-state index contributed by atoms with van der Waals surface area (Å²) in [5, 5.41) is 0. The molecule has 1 aliphatic heterocycles. The normalized spacial score (nSPS) is 34.1. The second-order valence-corrected chi connectivity index (χ2v) is 16.8.